The first-order chi connectivity index (χ1) is 8.49. The molecule has 0 aliphatic rings. The Balaban J connectivity index is 3.26. The van der Waals surface area contributed by atoms with E-state index >= 15 is 0 Å². The molecule has 0 aliphatic carbocycles. The van der Waals surface area contributed by atoms with Gasteiger partial charge in [0.2, 0.25) is 0 Å². The summed E-state index contributed by atoms with van der Waals surface area (Å²) in [5, 5.41) is 8.81. The summed E-state index contributed by atoms with van der Waals surface area (Å²) in [6, 6.07) is 2.70. The van der Waals surface area contributed by atoms with Crippen molar-refractivity contribution in [2.24, 2.45) is 0 Å². The molecular formula is C11H8F6O2. The molecule has 106 valence electrons. The molecule has 1 N–H and O–H groups in total. The Kier molecular flexibility index (Phi) is 4.12. The maximum Gasteiger partial charge on any atom is 0.393 e. The maximum atomic E-state index is 12.2. The highest BCUT2D eigenvalue weighted by molar-refractivity contribution is 5.91. The average Bonchev–Trinajstić information content (AvgIpc) is 2.11. The van der Waals surface area contributed by atoms with Crippen LogP contribution >= 0.6 is 0 Å². The Labute approximate surface area is 103 Å². The lowest BCUT2D eigenvalue weighted by molar-refractivity contribution is -0.127. The van der Waals surface area contributed by atoms with Crippen LogP contribution < -0.4 is 0 Å². The lowest BCUT2D eigenvalue weighted by atomic mass is 9.96. The third-order valence-corrected chi connectivity index (χ3v) is 2.23. The summed E-state index contributed by atoms with van der Waals surface area (Å²) >= 11 is 0. The smallest absolute Gasteiger partial charge is 0.393 e. The molecule has 1 aromatic rings. The van der Waals surface area contributed by atoms with Gasteiger partial charge in [-0.25, -0.2) is 4.79 Å². The maximum absolute atomic E-state index is 12.2. The van der Waals surface area contributed by atoms with Crippen LogP contribution in [0.25, 0.3) is 0 Å². The van der Waals surface area contributed by atoms with Gasteiger partial charge in [0.1, 0.15) is 0 Å². The molecule has 0 saturated carbocycles. The van der Waals surface area contributed by atoms with Crippen LogP contribution in [-0.2, 0) is 12.8 Å². The number of halogens is 6. The molecule has 0 aromatic heterocycles. The molecule has 0 fully saturated rings. The van der Waals surface area contributed by atoms with Crippen LogP contribution in [0.4, 0.5) is 26.3 Å². The van der Waals surface area contributed by atoms with Crippen molar-refractivity contribution < 1.29 is 36.2 Å². The van der Waals surface area contributed by atoms with Gasteiger partial charge in [0.15, 0.2) is 0 Å². The predicted octanol–water partition coefficient (Wildman–Crippen LogP) is 3.59. The molecular weight excluding hydrogens is 278 g/mol. The van der Waals surface area contributed by atoms with Gasteiger partial charge in [-0.1, -0.05) is 18.2 Å². The Hall–Kier alpha value is -1.73. The highest BCUT2D eigenvalue weighted by Gasteiger charge is 2.34. The summed E-state index contributed by atoms with van der Waals surface area (Å²) in [6.45, 7) is 0. The van der Waals surface area contributed by atoms with Crippen LogP contribution in [0.5, 0.6) is 0 Å². The predicted molar refractivity (Wildman–Crippen MR) is 52.9 cm³/mol. The fourth-order valence-corrected chi connectivity index (χ4v) is 1.65. The SMILES string of the molecule is O=C(O)c1c(CC(F)(F)F)cccc1CC(F)(F)F. The van der Waals surface area contributed by atoms with Crippen molar-refractivity contribution in [2.75, 3.05) is 0 Å². The molecule has 0 bridgehead atoms. The second kappa shape index (κ2) is 5.10. The molecule has 0 atom stereocenters. The van der Waals surface area contributed by atoms with Gasteiger partial charge in [0, 0.05) is 0 Å². The number of hydrogen-bond donors (Lipinski definition) is 1. The van der Waals surface area contributed by atoms with Gasteiger partial charge in [-0.15, -0.1) is 0 Å². The fraction of sp³-hybridized carbons (Fsp3) is 0.364. The van der Waals surface area contributed by atoms with E-state index in [0.717, 1.165) is 18.2 Å². The number of benzene rings is 1. The second-order valence-electron chi connectivity index (χ2n) is 3.84. The van der Waals surface area contributed by atoms with Crippen molar-refractivity contribution in [3.63, 3.8) is 0 Å². The van der Waals surface area contributed by atoms with Crippen LogP contribution in [0.2, 0.25) is 0 Å². The Bertz CT molecular complexity index is 441. The van der Waals surface area contributed by atoms with Crippen molar-refractivity contribution in [3.8, 4) is 0 Å². The lowest BCUT2D eigenvalue weighted by Crippen LogP contribution is -2.19. The molecule has 1 aromatic carbocycles. The molecule has 19 heavy (non-hydrogen) atoms. The minimum Gasteiger partial charge on any atom is -0.478 e. The first kappa shape index (κ1) is 15.3. The van der Waals surface area contributed by atoms with Gasteiger partial charge in [-0.3, -0.25) is 0 Å². The van der Waals surface area contributed by atoms with Crippen molar-refractivity contribution in [3.05, 3.63) is 34.9 Å². The topological polar surface area (TPSA) is 37.3 Å². The molecule has 1 rings (SSSR count). The summed E-state index contributed by atoms with van der Waals surface area (Å²) in [5.74, 6) is -1.81. The summed E-state index contributed by atoms with van der Waals surface area (Å²) in [5.41, 5.74) is -2.29. The summed E-state index contributed by atoms with van der Waals surface area (Å²) in [6.07, 6.45) is -12.6. The van der Waals surface area contributed by atoms with Crippen LogP contribution in [0, 0.1) is 0 Å². The largest absolute Gasteiger partial charge is 0.478 e. The normalized spacial score (nSPS) is 12.5. The van der Waals surface area contributed by atoms with Gasteiger partial charge >= 0.3 is 18.3 Å². The lowest BCUT2D eigenvalue weighted by Gasteiger charge is -2.14. The summed E-state index contributed by atoms with van der Waals surface area (Å²) < 4.78 is 73.4. The zero-order valence-electron chi connectivity index (χ0n) is 9.27. The van der Waals surface area contributed by atoms with E-state index in [-0.39, 0.29) is 0 Å². The summed E-state index contributed by atoms with van der Waals surface area (Å²) in [4.78, 5) is 10.9. The average molecular weight is 286 g/mol. The molecule has 0 aliphatic heterocycles. The Morgan fingerprint density at radius 2 is 1.32 bits per heavy atom. The van der Waals surface area contributed by atoms with E-state index in [0.29, 0.717) is 0 Å². The number of carbonyl (C=O) groups is 1. The third-order valence-electron chi connectivity index (χ3n) is 2.23. The molecule has 2 nitrogen and oxygen atoms in total. The number of hydrogen-bond acceptors (Lipinski definition) is 1. The number of carboxylic acid groups (broad SMARTS) is 1. The second-order valence-corrected chi connectivity index (χ2v) is 3.84. The van der Waals surface area contributed by atoms with E-state index in [1.165, 1.54) is 0 Å². The monoisotopic (exact) mass is 286 g/mol. The highest BCUT2D eigenvalue weighted by atomic mass is 19.4. The minimum absolute atomic E-state index is 0.679. The molecule has 0 heterocycles. The number of aromatic carboxylic acids is 1. The van der Waals surface area contributed by atoms with E-state index in [9.17, 15) is 31.1 Å². The van der Waals surface area contributed by atoms with Gasteiger partial charge in [0.25, 0.3) is 0 Å². The Morgan fingerprint density at radius 1 is 0.947 bits per heavy atom. The zero-order chi connectivity index (χ0) is 14.8. The van der Waals surface area contributed by atoms with E-state index in [1.807, 2.05) is 0 Å². The van der Waals surface area contributed by atoms with Gasteiger partial charge in [-0.05, 0) is 11.1 Å². The number of carboxylic acids is 1. The van der Waals surface area contributed by atoms with Crippen LogP contribution in [0.1, 0.15) is 21.5 Å². The van der Waals surface area contributed by atoms with Crippen molar-refractivity contribution >= 4 is 5.97 Å². The van der Waals surface area contributed by atoms with Gasteiger partial charge in [0.05, 0.1) is 18.4 Å². The number of rotatable bonds is 3. The van der Waals surface area contributed by atoms with E-state index in [4.69, 9.17) is 5.11 Å². The molecule has 8 heteroatoms. The highest BCUT2D eigenvalue weighted by Crippen LogP contribution is 2.29. The molecule has 0 amide bonds. The standard InChI is InChI=1S/C11H8F6O2/c12-10(13,14)4-6-2-1-3-7(5-11(15,16)17)8(6)9(18)19/h1-3H,4-5H2,(H,18,19). The van der Waals surface area contributed by atoms with E-state index in [1.54, 1.807) is 0 Å². The number of alkyl halides is 6. The first-order valence-corrected chi connectivity index (χ1v) is 4.97. The Morgan fingerprint density at radius 3 is 1.58 bits per heavy atom. The molecule has 0 spiro atoms. The van der Waals surface area contributed by atoms with Crippen molar-refractivity contribution in [1.82, 2.24) is 0 Å². The molecule has 0 radical (unpaired) electrons. The van der Waals surface area contributed by atoms with Gasteiger partial charge in [-0.2, -0.15) is 26.3 Å². The summed E-state index contributed by atoms with van der Waals surface area (Å²) in [7, 11) is 0. The van der Waals surface area contributed by atoms with Crippen LogP contribution in [0.15, 0.2) is 18.2 Å². The quantitative estimate of drug-likeness (QED) is 0.862. The van der Waals surface area contributed by atoms with E-state index < -0.39 is 47.9 Å². The van der Waals surface area contributed by atoms with Crippen molar-refractivity contribution in [2.45, 2.75) is 25.2 Å². The minimum atomic E-state index is -4.69. The zero-order valence-corrected chi connectivity index (χ0v) is 9.27. The van der Waals surface area contributed by atoms with E-state index in [2.05, 4.69) is 0 Å². The molecule has 0 saturated heterocycles. The van der Waals surface area contributed by atoms with Crippen molar-refractivity contribution in [1.29, 1.82) is 0 Å². The van der Waals surface area contributed by atoms with Crippen LogP contribution in [-0.4, -0.2) is 23.4 Å². The first-order valence-electron chi connectivity index (χ1n) is 4.97. The van der Waals surface area contributed by atoms with Crippen LogP contribution in [0.3, 0.4) is 0 Å². The fourth-order valence-electron chi connectivity index (χ4n) is 1.65. The molecule has 0 unspecified atom stereocenters. The third kappa shape index (κ3) is 4.80. The van der Waals surface area contributed by atoms with Gasteiger partial charge < -0.3 is 5.11 Å².